The van der Waals surface area contributed by atoms with E-state index in [0.717, 1.165) is 25.4 Å². The van der Waals surface area contributed by atoms with Crippen molar-refractivity contribution in [2.45, 2.75) is 38.6 Å². The van der Waals surface area contributed by atoms with Gasteiger partial charge in [-0.2, -0.15) is 5.26 Å². The second-order valence-electron chi connectivity index (χ2n) is 5.59. The lowest BCUT2D eigenvalue weighted by molar-refractivity contribution is 0.169. The van der Waals surface area contributed by atoms with Crippen molar-refractivity contribution in [2.24, 2.45) is 11.8 Å². The molecular weight excluding hydrogens is 198 g/mol. The second kappa shape index (κ2) is 5.65. The molecule has 0 amide bonds. The van der Waals surface area contributed by atoms with Crippen molar-refractivity contribution in [2.75, 3.05) is 27.2 Å². The summed E-state index contributed by atoms with van der Waals surface area (Å²) in [5.74, 6) is 1.23. The molecule has 0 aromatic rings. The van der Waals surface area contributed by atoms with E-state index in [1.807, 2.05) is 0 Å². The second-order valence-corrected chi connectivity index (χ2v) is 5.59. The van der Waals surface area contributed by atoms with Crippen molar-refractivity contribution in [3.05, 3.63) is 0 Å². The number of nitriles is 1. The molecule has 3 unspecified atom stereocenters. The van der Waals surface area contributed by atoms with Gasteiger partial charge in [-0.15, -0.1) is 0 Å². The summed E-state index contributed by atoms with van der Waals surface area (Å²) >= 11 is 0. The van der Waals surface area contributed by atoms with Crippen LogP contribution in [-0.2, 0) is 0 Å². The maximum atomic E-state index is 9.44. The van der Waals surface area contributed by atoms with Gasteiger partial charge < -0.3 is 4.90 Å². The van der Waals surface area contributed by atoms with Crippen molar-refractivity contribution in [3.63, 3.8) is 0 Å². The molecule has 1 rings (SSSR count). The van der Waals surface area contributed by atoms with Crippen LogP contribution >= 0.6 is 0 Å². The van der Waals surface area contributed by atoms with E-state index in [4.69, 9.17) is 0 Å². The van der Waals surface area contributed by atoms with E-state index in [9.17, 15) is 5.26 Å². The Bertz CT molecular complexity index is 256. The van der Waals surface area contributed by atoms with Gasteiger partial charge in [-0.1, -0.05) is 13.8 Å². The minimum absolute atomic E-state index is 0.275. The van der Waals surface area contributed by atoms with Gasteiger partial charge in [0.1, 0.15) is 5.54 Å². The van der Waals surface area contributed by atoms with Crippen LogP contribution in [0.25, 0.3) is 0 Å². The van der Waals surface area contributed by atoms with Gasteiger partial charge in [-0.05, 0) is 45.2 Å². The van der Waals surface area contributed by atoms with Gasteiger partial charge in [-0.3, -0.25) is 5.32 Å². The first kappa shape index (κ1) is 13.5. The highest BCUT2D eigenvalue weighted by Gasteiger charge is 2.39. The average molecular weight is 223 g/mol. The van der Waals surface area contributed by atoms with Crippen LogP contribution in [0.4, 0.5) is 0 Å². The molecule has 92 valence electrons. The van der Waals surface area contributed by atoms with Crippen LogP contribution in [0.15, 0.2) is 0 Å². The first-order valence-corrected chi connectivity index (χ1v) is 6.31. The predicted octanol–water partition coefficient (Wildman–Crippen LogP) is 1.86. The van der Waals surface area contributed by atoms with E-state index in [1.54, 1.807) is 0 Å². The highest BCUT2D eigenvalue weighted by atomic mass is 15.1. The average Bonchev–Trinajstić information content (AvgIpc) is 2.21. The zero-order valence-corrected chi connectivity index (χ0v) is 11.1. The molecule has 0 radical (unpaired) electrons. The van der Waals surface area contributed by atoms with Gasteiger partial charge in [0.2, 0.25) is 0 Å². The van der Waals surface area contributed by atoms with Gasteiger partial charge in [0.25, 0.3) is 0 Å². The summed E-state index contributed by atoms with van der Waals surface area (Å²) in [5.41, 5.74) is -0.275. The highest BCUT2D eigenvalue weighted by molar-refractivity contribution is 5.12. The molecule has 0 heterocycles. The number of likely N-dealkylation sites (N-methyl/N-ethyl adjacent to an activating group) is 1. The van der Waals surface area contributed by atoms with E-state index in [1.165, 1.54) is 12.8 Å². The Kier molecular flexibility index (Phi) is 4.76. The van der Waals surface area contributed by atoms with Crippen molar-refractivity contribution in [3.8, 4) is 6.07 Å². The summed E-state index contributed by atoms with van der Waals surface area (Å²) in [5, 5.41) is 12.9. The minimum atomic E-state index is -0.275. The SMILES string of the molecule is CC1CCC(C#N)(NCCN(C)C)C(C)C1. The van der Waals surface area contributed by atoms with Crippen LogP contribution in [0, 0.1) is 23.2 Å². The topological polar surface area (TPSA) is 39.1 Å². The fourth-order valence-corrected chi connectivity index (χ4v) is 2.61. The van der Waals surface area contributed by atoms with Crippen molar-refractivity contribution >= 4 is 0 Å². The summed E-state index contributed by atoms with van der Waals surface area (Å²) in [6.07, 6.45) is 3.34. The van der Waals surface area contributed by atoms with Crippen LogP contribution < -0.4 is 5.32 Å². The molecule has 3 heteroatoms. The summed E-state index contributed by atoms with van der Waals surface area (Å²) in [4.78, 5) is 2.15. The molecular formula is C13H25N3. The van der Waals surface area contributed by atoms with E-state index < -0.39 is 0 Å². The zero-order chi connectivity index (χ0) is 12.2. The number of hydrogen-bond donors (Lipinski definition) is 1. The molecule has 1 aliphatic carbocycles. The van der Waals surface area contributed by atoms with Crippen LogP contribution in [0.2, 0.25) is 0 Å². The highest BCUT2D eigenvalue weighted by Crippen LogP contribution is 2.36. The van der Waals surface area contributed by atoms with Crippen LogP contribution in [0.3, 0.4) is 0 Å². The third-order valence-electron chi connectivity index (χ3n) is 3.83. The summed E-state index contributed by atoms with van der Waals surface area (Å²) < 4.78 is 0. The summed E-state index contributed by atoms with van der Waals surface area (Å²) in [6, 6.07) is 2.53. The lowest BCUT2D eigenvalue weighted by Gasteiger charge is -2.40. The Hall–Kier alpha value is -0.590. The van der Waals surface area contributed by atoms with Gasteiger partial charge >= 0.3 is 0 Å². The Morgan fingerprint density at radius 3 is 2.62 bits per heavy atom. The van der Waals surface area contributed by atoms with Crippen molar-refractivity contribution in [1.82, 2.24) is 10.2 Å². The minimum Gasteiger partial charge on any atom is -0.308 e. The van der Waals surface area contributed by atoms with Gasteiger partial charge in [-0.25, -0.2) is 0 Å². The molecule has 0 aliphatic heterocycles. The number of hydrogen-bond acceptors (Lipinski definition) is 3. The molecule has 1 N–H and O–H groups in total. The van der Waals surface area contributed by atoms with Crippen LogP contribution in [0.5, 0.6) is 0 Å². The molecule has 16 heavy (non-hydrogen) atoms. The monoisotopic (exact) mass is 223 g/mol. The molecule has 3 nitrogen and oxygen atoms in total. The Morgan fingerprint density at radius 2 is 2.12 bits per heavy atom. The smallest absolute Gasteiger partial charge is 0.109 e. The molecule has 1 fully saturated rings. The van der Waals surface area contributed by atoms with Crippen LogP contribution in [-0.4, -0.2) is 37.6 Å². The van der Waals surface area contributed by atoms with Crippen molar-refractivity contribution in [1.29, 1.82) is 5.26 Å². The molecule has 1 aliphatic rings. The lowest BCUT2D eigenvalue weighted by Crippen LogP contribution is -2.53. The normalized spacial score (nSPS) is 35.0. The molecule has 3 atom stereocenters. The molecule has 0 spiro atoms. The fraction of sp³-hybridized carbons (Fsp3) is 0.923. The molecule has 1 saturated carbocycles. The molecule has 0 aromatic carbocycles. The molecule has 0 bridgehead atoms. The van der Waals surface area contributed by atoms with Crippen molar-refractivity contribution < 1.29 is 0 Å². The van der Waals surface area contributed by atoms with E-state index >= 15 is 0 Å². The third kappa shape index (κ3) is 3.20. The Balaban J connectivity index is 2.53. The fourth-order valence-electron chi connectivity index (χ4n) is 2.61. The largest absolute Gasteiger partial charge is 0.308 e. The predicted molar refractivity (Wildman–Crippen MR) is 67.1 cm³/mol. The van der Waals surface area contributed by atoms with E-state index in [2.05, 4.69) is 44.2 Å². The van der Waals surface area contributed by atoms with Gasteiger partial charge in [0.15, 0.2) is 0 Å². The first-order valence-electron chi connectivity index (χ1n) is 6.31. The van der Waals surface area contributed by atoms with Crippen LogP contribution in [0.1, 0.15) is 33.1 Å². The van der Waals surface area contributed by atoms with Gasteiger partial charge in [0.05, 0.1) is 6.07 Å². The van der Waals surface area contributed by atoms with E-state index in [0.29, 0.717) is 5.92 Å². The summed E-state index contributed by atoms with van der Waals surface area (Å²) in [6.45, 7) is 6.39. The molecule has 0 aromatic heterocycles. The lowest BCUT2D eigenvalue weighted by atomic mass is 9.70. The summed E-state index contributed by atoms with van der Waals surface area (Å²) in [7, 11) is 4.13. The number of rotatable bonds is 4. The maximum Gasteiger partial charge on any atom is 0.109 e. The van der Waals surface area contributed by atoms with E-state index in [-0.39, 0.29) is 5.54 Å². The number of nitrogens with zero attached hydrogens (tertiary/aromatic N) is 2. The standard InChI is InChI=1S/C13H25N3/c1-11-5-6-13(10-14,12(2)9-11)15-7-8-16(3)4/h11-12,15H,5-9H2,1-4H3. The Labute approximate surface area is 99.8 Å². The first-order chi connectivity index (χ1) is 7.50. The maximum absolute atomic E-state index is 9.44. The quantitative estimate of drug-likeness (QED) is 0.790. The van der Waals surface area contributed by atoms with Gasteiger partial charge in [0, 0.05) is 13.1 Å². The third-order valence-corrected chi connectivity index (χ3v) is 3.83. The Morgan fingerprint density at radius 1 is 1.44 bits per heavy atom. The zero-order valence-electron chi connectivity index (χ0n) is 11.1. The molecule has 0 saturated heterocycles. The number of nitrogens with one attached hydrogen (secondary N) is 1.